The van der Waals surface area contributed by atoms with E-state index in [1.54, 1.807) is 12.3 Å². The van der Waals surface area contributed by atoms with Crippen LogP contribution in [-0.4, -0.2) is 22.5 Å². The molecule has 0 aliphatic carbocycles. The van der Waals surface area contributed by atoms with Gasteiger partial charge in [0.25, 0.3) is 0 Å². The minimum atomic E-state index is -0.824. The summed E-state index contributed by atoms with van der Waals surface area (Å²) in [6.45, 7) is 4.69. The average molecular weight is 220 g/mol. The zero-order chi connectivity index (χ0) is 10.9. The van der Waals surface area contributed by atoms with E-state index in [2.05, 4.69) is 36.9 Å². The summed E-state index contributed by atoms with van der Waals surface area (Å²) >= 11 is 0. The van der Waals surface area contributed by atoms with Gasteiger partial charge >= 0.3 is 0 Å². The van der Waals surface area contributed by atoms with Crippen molar-refractivity contribution >= 4 is 14.0 Å². The van der Waals surface area contributed by atoms with Crippen LogP contribution < -0.4 is 5.19 Å². The summed E-state index contributed by atoms with van der Waals surface area (Å²) in [4.78, 5) is 0. The monoisotopic (exact) mass is 220 g/mol. The van der Waals surface area contributed by atoms with Crippen molar-refractivity contribution < 1.29 is 4.74 Å². The molecule has 0 amide bonds. The summed E-state index contributed by atoms with van der Waals surface area (Å²) in [6.07, 6.45) is 3.16. The first-order valence-electron chi connectivity index (χ1n) is 5.53. The van der Waals surface area contributed by atoms with Gasteiger partial charge in [-0.2, -0.15) is 0 Å². The molecule has 15 heavy (non-hydrogen) atoms. The van der Waals surface area contributed by atoms with Crippen molar-refractivity contribution in [3.05, 3.63) is 43.0 Å². The maximum Gasteiger partial charge on any atom is 0.0733 e. The van der Waals surface area contributed by atoms with Crippen molar-refractivity contribution in [1.29, 1.82) is 0 Å². The quantitative estimate of drug-likeness (QED) is 0.506. The van der Waals surface area contributed by atoms with E-state index in [-0.39, 0.29) is 0 Å². The second-order valence-corrected chi connectivity index (χ2v) is 6.97. The van der Waals surface area contributed by atoms with Gasteiger partial charge in [0.2, 0.25) is 0 Å². The summed E-state index contributed by atoms with van der Waals surface area (Å²) in [5.41, 5.74) is 0. The molecule has 82 valence electrons. The highest BCUT2D eigenvalue weighted by atomic mass is 28.3. The maximum atomic E-state index is 5.18. The molecule has 0 N–H and O–H groups in total. The Hall–Kier alpha value is -0.863. The van der Waals surface area contributed by atoms with Gasteiger partial charge in [0, 0.05) is 13.7 Å². The van der Waals surface area contributed by atoms with Gasteiger partial charge in [-0.1, -0.05) is 47.6 Å². The van der Waals surface area contributed by atoms with Gasteiger partial charge in [0.15, 0.2) is 0 Å². The van der Waals surface area contributed by atoms with Crippen LogP contribution in [0, 0.1) is 0 Å². The normalized spacial score (nSPS) is 12.3. The summed E-state index contributed by atoms with van der Waals surface area (Å²) in [5, 5.41) is 1.55. The first kappa shape index (κ1) is 12.2. The van der Waals surface area contributed by atoms with E-state index < -0.39 is 8.80 Å². The fourth-order valence-electron chi connectivity index (χ4n) is 1.78. The van der Waals surface area contributed by atoms with Crippen molar-refractivity contribution in [3.8, 4) is 0 Å². The lowest BCUT2D eigenvalue weighted by Crippen LogP contribution is -2.30. The molecule has 1 nitrogen and oxygen atoms in total. The Kier molecular flexibility index (Phi) is 6.05. The van der Waals surface area contributed by atoms with Gasteiger partial charge in [0.1, 0.15) is 0 Å². The van der Waals surface area contributed by atoms with Gasteiger partial charge < -0.3 is 4.74 Å². The van der Waals surface area contributed by atoms with E-state index in [9.17, 15) is 0 Å². The molecule has 0 bridgehead atoms. The fourth-order valence-corrected chi connectivity index (χ4v) is 4.66. The van der Waals surface area contributed by atoms with Crippen molar-refractivity contribution in [2.45, 2.75) is 18.5 Å². The topological polar surface area (TPSA) is 9.23 Å². The molecule has 0 radical (unpaired) electrons. The standard InChI is InChI=1S/C13H20OSi/c1-3-4-11-15(12-10-14-2)13-8-6-5-7-9-13/h3,5-9,15H,1,4,10-12H2,2H3. The zero-order valence-corrected chi connectivity index (χ0v) is 10.6. The first-order chi connectivity index (χ1) is 7.38. The second kappa shape index (κ2) is 7.43. The Balaban J connectivity index is 2.58. The predicted molar refractivity (Wildman–Crippen MR) is 69.5 cm³/mol. The van der Waals surface area contributed by atoms with E-state index >= 15 is 0 Å². The van der Waals surface area contributed by atoms with E-state index in [0.29, 0.717) is 0 Å². The molecular weight excluding hydrogens is 200 g/mol. The second-order valence-electron chi connectivity index (χ2n) is 3.76. The number of methoxy groups -OCH3 is 1. The third kappa shape index (κ3) is 4.45. The Labute approximate surface area is 94.4 Å². The Morgan fingerprint density at radius 2 is 2.00 bits per heavy atom. The third-order valence-electron chi connectivity index (χ3n) is 2.66. The molecule has 0 aromatic heterocycles. The molecule has 1 aromatic carbocycles. The Morgan fingerprint density at radius 1 is 1.27 bits per heavy atom. The lowest BCUT2D eigenvalue weighted by molar-refractivity contribution is 0.215. The van der Waals surface area contributed by atoms with Crippen LogP contribution in [0.5, 0.6) is 0 Å². The Morgan fingerprint density at radius 3 is 2.60 bits per heavy atom. The van der Waals surface area contributed by atoms with Crippen molar-refractivity contribution in [1.82, 2.24) is 0 Å². The molecule has 1 unspecified atom stereocenters. The molecular formula is C13H20OSi. The molecule has 1 aromatic rings. The fraction of sp³-hybridized carbons (Fsp3) is 0.385. The number of ether oxygens (including phenoxy) is 1. The number of hydrogen-bond acceptors (Lipinski definition) is 1. The van der Waals surface area contributed by atoms with Crippen LogP contribution in [0.4, 0.5) is 0 Å². The summed E-state index contributed by atoms with van der Waals surface area (Å²) in [6, 6.07) is 13.4. The van der Waals surface area contributed by atoms with E-state index in [4.69, 9.17) is 4.74 Å². The maximum absolute atomic E-state index is 5.18. The van der Waals surface area contributed by atoms with Gasteiger partial charge in [-0.3, -0.25) is 0 Å². The smallest absolute Gasteiger partial charge is 0.0733 e. The highest BCUT2D eigenvalue weighted by molar-refractivity contribution is 6.73. The van der Waals surface area contributed by atoms with Crippen LogP contribution in [0.2, 0.25) is 12.1 Å². The molecule has 0 saturated carbocycles. The van der Waals surface area contributed by atoms with E-state index in [1.165, 1.54) is 12.1 Å². The lowest BCUT2D eigenvalue weighted by atomic mass is 10.4. The minimum Gasteiger partial charge on any atom is -0.385 e. The molecule has 0 heterocycles. The van der Waals surface area contributed by atoms with Crippen LogP contribution in [0.3, 0.4) is 0 Å². The van der Waals surface area contributed by atoms with Crippen molar-refractivity contribution in [2.24, 2.45) is 0 Å². The summed E-state index contributed by atoms with van der Waals surface area (Å²) < 4.78 is 5.18. The van der Waals surface area contributed by atoms with E-state index in [1.807, 2.05) is 6.08 Å². The molecule has 0 fully saturated rings. The van der Waals surface area contributed by atoms with Crippen LogP contribution in [-0.2, 0) is 4.74 Å². The molecule has 0 aliphatic heterocycles. The predicted octanol–water partition coefficient (Wildman–Crippen LogP) is 2.34. The van der Waals surface area contributed by atoms with Gasteiger partial charge in [-0.05, 0) is 12.5 Å². The molecule has 1 rings (SSSR count). The Bertz CT molecular complexity index is 271. The number of rotatable bonds is 7. The van der Waals surface area contributed by atoms with Gasteiger partial charge in [0.05, 0.1) is 8.80 Å². The number of benzene rings is 1. The number of hydrogen-bond donors (Lipinski definition) is 0. The minimum absolute atomic E-state index is 0.824. The average Bonchev–Trinajstić information content (AvgIpc) is 2.30. The van der Waals surface area contributed by atoms with Crippen molar-refractivity contribution in [3.63, 3.8) is 0 Å². The lowest BCUT2D eigenvalue weighted by Gasteiger charge is -2.14. The number of allylic oxidation sites excluding steroid dienone is 1. The molecule has 0 aliphatic rings. The SMILES string of the molecule is C=CCC[SiH](CCOC)c1ccccc1. The third-order valence-corrected chi connectivity index (χ3v) is 5.95. The highest BCUT2D eigenvalue weighted by Crippen LogP contribution is 2.05. The van der Waals surface area contributed by atoms with Crippen LogP contribution >= 0.6 is 0 Å². The summed E-state index contributed by atoms with van der Waals surface area (Å²) in [7, 11) is 0.958. The molecule has 0 saturated heterocycles. The molecule has 1 atom stereocenters. The largest absolute Gasteiger partial charge is 0.385 e. The van der Waals surface area contributed by atoms with E-state index in [0.717, 1.165) is 13.0 Å². The van der Waals surface area contributed by atoms with Crippen LogP contribution in [0.1, 0.15) is 6.42 Å². The van der Waals surface area contributed by atoms with Crippen LogP contribution in [0.25, 0.3) is 0 Å². The van der Waals surface area contributed by atoms with Gasteiger partial charge in [-0.25, -0.2) is 0 Å². The molecule has 2 heteroatoms. The van der Waals surface area contributed by atoms with Gasteiger partial charge in [-0.15, -0.1) is 6.58 Å². The van der Waals surface area contributed by atoms with Crippen molar-refractivity contribution in [2.75, 3.05) is 13.7 Å². The first-order valence-corrected chi connectivity index (χ1v) is 7.74. The molecule has 0 spiro atoms. The highest BCUT2D eigenvalue weighted by Gasteiger charge is 2.11. The zero-order valence-electron chi connectivity index (χ0n) is 9.49. The summed E-state index contributed by atoms with van der Waals surface area (Å²) in [5.74, 6) is 0. The van der Waals surface area contributed by atoms with Crippen LogP contribution in [0.15, 0.2) is 43.0 Å².